The second-order valence-electron chi connectivity index (χ2n) is 5.08. The molecule has 1 heterocycles. The molecule has 1 aromatic carbocycles. The topological polar surface area (TPSA) is 24.5 Å². The molecule has 3 nitrogen and oxygen atoms in total. The number of anilines is 1. The normalized spacial score (nSPS) is 13.8. The number of para-hydroxylation sites is 1. The Balaban J connectivity index is 1.55. The molecule has 0 fully saturated rings. The van der Waals surface area contributed by atoms with Gasteiger partial charge < -0.3 is 15.0 Å². The van der Waals surface area contributed by atoms with Gasteiger partial charge in [-0.3, -0.25) is 0 Å². The van der Waals surface area contributed by atoms with Crippen molar-refractivity contribution in [3.05, 3.63) is 29.8 Å². The molecular weight excluding hydrogens is 236 g/mol. The Hall–Kier alpha value is -1.06. The molecule has 0 aliphatic carbocycles. The van der Waals surface area contributed by atoms with Gasteiger partial charge in [0.15, 0.2) is 0 Å². The third-order valence-electron chi connectivity index (χ3n) is 3.61. The van der Waals surface area contributed by atoms with Crippen LogP contribution in [0.25, 0.3) is 0 Å². The quantitative estimate of drug-likeness (QED) is 0.692. The molecule has 0 radical (unpaired) electrons. The molecule has 19 heavy (non-hydrogen) atoms. The van der Waals surface area contributed by atoms with E-state index < -0.39 is 0 Å². The molecule has 0 saturated carbocycles. The van der Waals surface area contributed by atoms with E-state index in [2.05, 4.69) is 41.4 Å². The Bertz CT molecular complexity index is 368. The standard InChI is InChI=1S/C16H26N2O/c1-2-3-13-19-14-10-17-9-12-18-11-8-15-6-4-5-7-16(15)18/h4-7,17H,2-3,8-14H2,1H3. The molecule has 1 aliphatic rings. The van der Waals surface area contributed by atoms with Gasteiger partial charge in [-0.25, -0.2) is 0 Å². The van der Waals surface area contributed by atoms with Gasteiger partial charge in [-0.05, 0) is 24.5 Å². The second-order valence-corrected chi connectivity index (χ2v) is 5.08. The van der Waals surface area contributed by atoms with Gasteiger partial charge in [-0.2, -0.15) is 0 Å². The van der Waals surface area contributed by atoms with Crippen LogP contribution in [0.1, 0.15) is 25.3 Å². The first-order valence-corrected chi connectivity index (χ1v) is 7.53. The zero-order valence-corrected chi connectivity index (χ0v) is 12.0. The van der Waals surface area contributed by atoms with E-state index in [0.29, 0.717) is 0 Å². The number of fused-ring (bicyclic) bond motifs is 1. The molecule has 0 amide bonds. The maximum Gasteiger partial charge on any atom is 0.0590 e. The molecule has 0 atom stereocenters. The summed E-state index contributed by atoms with van der Waals surface area (Å²) in [6, 6.07) is 8.74. The molecule has 0 aromatic heterocycles. The Morgan fingerprint density at radius 2 is 2.11 bits per heavy atom. The fourth-order valence-electron chi connectivity index (χ4n) is 2.47. The van der Waals surface area contributed by atoms with Crippen molar-refractivity contribution in [2.75, 3.05) is 44.3 Å². The number of rotatable bonds is 9. The van der Waals surface area contributed by atoms with Crippen molar-refractivity contribution in [2.45, 2.75) is 26.2 Å². The van der Waals surface area contributed by atoms with Gasteiger partial charge in [-0.1, -0.05) is 31.5 Å². The molecule has 1 aliphatic heterocycles. The van der Waals surface area contributed by atoms with E-state index >= 15 is 0 Å². The average Bonchev–Trinajstić information content (AvgIpc) is 2.85. The summed E-state index contributed by atoms with van der Waals surface area (Å²) >= 11 is 0. The monoisotopic (exact) mass is 262 g/mol. The Morgan fingerprint density at radius 3 is 3.00 bits per heavy atom. The van der Waals surface area contributed by atoms with Crippen molar-refractivity contribution in [2.24, 2.45) is 0 Å². The van der Waals surface area contributed by atoms with Crippen LogP contribution in [-0.2, 0) is 11.2 Å². The van der Waals surface area contributed by atoms with Crippen molar-refractivity contribution in [3.8, 4) is 0 Å². The first kappa shape index (κ1) is 14.4. The lowest BCUT2D eigenvalue weighted by Gasteiger charge is -2.19. The summed E-state index contributed by atoms with van der Waals surface area (Å²) in [6.07, 6.45) is 3.57. The largest absolute Gasteiger partial charge is 0.380 e. The summed E-state index contributed by atoms with van der Waals surface area (Å²) < 4.78 is 5.53. The van der Waals surface area contributed by atoms with Gasteiger partial charge in [0.05, 0.1) is 6.61 Å². The van der Waals surface area contributed by atoms with E-state index in [-0.39, 0.29) is 0 Å². The number of unbranched alkanes of at least 4 members (excludes halogenated alkanes) is 1. The molecule has 2 rings (SSSR count). The third-order valence-corrected chi connectivity index (χ3v) is 3.61. The minimum atomic E-state index is 0.830. The molecule has 106 valence electrons. The van der Waals surface area contributed by atoms with Crippen LogP contribution in [0.15, 0.2) is 24.3 Å². The number of ether oxygens (including phenoxy) is 1. The minimum Gasteiger partial charge on any atom is -0.380 e. The highest BCUT2D eigenvalue weighted by Crippen LogP contribution is 2.26. The molecule has 1 aromatic rings. The van der Waals surface area contributed by atoms with Gasteiger partial charge >= 0.3 is 0 Å². The fraction of sp³-hybridized carbons (Fsp3) is 0.625. The van der Waals surface area contributed by atoms with Crippen LogP contribution in [0.4, 0.5) is 5.69 Å². The zero-order valence-electron chi connectivity index (χ0n) is 12.0. The molecule has 0 spiro atoms. The highest BCUT2D eigenvalue weighted by Gasteiger charge is 2.16. The van der Waals surface area contributed by atoms with Crippen molar-refractivity contribution >= 4 is 5.69 Å². The average molecular weight is 262 g/mol. The Kier molecular flexibility index (Phi) is 6.18. The molecule has 0 saturated heterocycles. The summed E-state index contributed by atoms with van der Waals surface area (Å²) in [4.78, 5) is 2.47. The van der Waals surface area contributed by atoms with Crippen LogP contribution in [0, 0.1) is 0 Å². The number of nitrogens with one attached hydrogen (secondary N) is 1. The summed E-state index contributed by atoms with van der Waals surface area (Å²) in [5, 5.41) is 3.45. The van der Waals surface area contributed by atoms with Crippen LogP contribution in [0.2, 0.25) is 0 Å². The zero-order chi connectivity index (χ0) is 13.3. The van der Waals surface area contributed by atoms with E-state index in [1.54, 1.807) is 0 Å². The summed E-state index contributed by atoms with van der Waals surface area (Å²) in [5.41, 5.74) is 2.91. The van der Waals surface area contributed by atoms with Crippen LogP contribution < -0.4 is 10.2 Å². The molecule has 0 unspecified atom stereocenters. The molecular formula is C16H26N2O. The lowest BCUT2D eigenvalue weighted by molar-refractivity contribution is 0.133. The lowest BCUT2D eigenvalue weighted by Crippen LogP contribution is -2.32. The van der Waals surface area contributed by atoms with Gasteiger partial charge in [0.25, 0.3) is 0 Å². The summed E-state index contributed by atoms with van der Waals surface area (Å²) in [6.45, 7) is 8.16. The summed E-state index contributed by atoms with van der Waals surface area (Å²) in [7, 11) is 0. The first-order valence-electron chi connectivity index (χ1n) is 7.53. The number of hydrogen-bond acceptors (Lipinski definition) is 3. The number of benzene rings is 1. The van der Waals surface area contributed by atoms with Crippen LogP contribution in [-0.4, -0.2) is 39.4 Å². The van der Waals surface area contributed by atoms with Gasteiger partial charge in [-0.15, -0.1) is 0 Å². The second kappa shape index (κ2) is 8.18. The van der Waals surface area contributed by atoms with Crippen LogP contribution >= 0.6 is 0 Å². The minimum absolute atomic E-state index is 0.830. The van der Waals surface area contributed by atoms with Crippen molar-refractivity contribution in [1.82, 2.24) is 5.32 Å². The predicted octanol–water partition coefficient (Wildman–Crippen LogP) is 2.46. The van der Waals surface area contributed by atoms with E-state index in [0.717, 1.165) is 39.4 Å². The maximum atomic E-state index is 5.53. The Morgan fingerprint density at radius 1 is 1.21 bits per heavy atom. The van der Waals surface area contributed by atoms with Crippen molar-refractivity contribution < 1.29 is 4.74 Å². The first-order chi connectivity index (χ1) is 9.42. The Labute approximate surface area is 116 Å². The van der Waals surface area contributed by atoms with E-state index in [1.165, 1.54) is 30.5 Å². The van der Waals surface area contributed by atoms with Crippen LogP contribution in [0.5, 0.6) is 0 Å². The molecule has 0 bridgehead atoms. The molecule has 3 heteroatoms. The maximum absolute atomic E-state index is 5.53. The molecule has 1 N–H and O–H groups in total. The van der Waals surface area contributed by atoms with Gasteiger partial charge in [0, 0.05) is 38.5 Å². The van der Waals surface area contributed by atoms with Crippen LogP contribution in [0.3, 0.4) is 0 Å². The smallest absolute Gasteiger partial charge is 0.0590 e. The van der Waals surface area contributed by atoms with E-state index in [1.807, 2.05) is 0 Å². The SMILES string of the molecule is CCCCOCCNCCN1CCc2ccccc21. The highest BCUT2D eigenvalue weighted by atomic mass is 16.5. The van der Waals surface area contributed by atoms with E-state index in [9.17, 15) is 0 Å². The van der Waals surface area contributed by atoms with Crippen molar-refractivity contribution in [3.63, 3.8) is 0 Å². The van der Waals surface area contributed by atoms with Crippen molar-refractivity contribution in [1.29, 1.82) is 0 Å². The van der Waals surface area contributed by atoms with E-state index in [4.69, 9.17) is 4.74 Å². The van der Waals surface area contributed by atoms with Gasteiger partial charge in [0.1, 0.15) is 0 Å². The highest BCUT2D eigenvalue weighted by molar-refractivity contribution is 5.57. The lowest BCUT2D eigenvalue weighted by atomic mass is 10.2. The third kappa shape index (κ3) is 4.51. The number of nitrogens with zero attached hydrogens (tertiary/aromatic N) is 1. The predicted molar refractivity (Wildman–Crippen MR) is 81.0 cm³/mol. The number of hydrogen-bond donors (Lipinski definition) is 1. The van der Waals surface area contributed by atoms with Gasteiger partial charge in [0.2, 0.25) is 0 Å². The fourth-order valence-corrected chi connectivity index (χ4v) is 2.47. The summed E-state index contributed by atoms with van der Waals surface area (Å²) in [5.74, 6) is 0.